The number of pyridine rings is 1. The number of nitrogens with one attached hydrogen (secondary N) is 4. The van der Waals surface area contributed by atoms with Crippen molar-refractivity contribution < 1.29 is 4.79 Å². The van der Waals surface area contributed by atoms with Gasteiger partial charge >= 0.3 is 6.03 Å². The van der Waals surface area contributed by atoms with Crippen LogP contribution in [0, 0.1) is 12.3 Å². The van der Waals surface area contributed by atoms with Crippen LogP contribution in [0.2, 0.25) is 0 Å². The van der Waals surface area contributed by atoms with Crippen LogP contribution in [0.25, 0.3) is 11.1 Å². The Hall–Kier alpha value is -3.87. The zero-order valence-corrected chi connectivity index (χ0v) is 14.7. The summed E-state index contributed by atoms with van der Waals surface area (Å²) in [6.07, 6.45) is 1.10. The van der Waals surface area contributed by atoms with Crippen molar-refractivity contribution in [2.45, 2.75) is 6.92 Å². The van der Waals surface area contributed by atoms with Gasteiger partial charge in [-0.2, -0.15) is 0 Å². The fourth-order valence-electron chi connectivity index (χ4n) is 2.72. The number of urea groups is 1. The zero-order valence-electron chi connectivity index (χ0n) is 14.7. The highest BCUT2D eigenvalue weighted by molar-refractivity contribution is 6.00. The molecule has 27 heavy (non-hydrogen) atoms. The molecule has 0 fully saturated rings. The molecule has 0 spiro atoms. The quantitative estimate of drug-likeness (QED) is 0.456. The molecule has 0 aliphatic rings. The fraction of sp³-hybridized carbons (Fsp3) is 0.0500. The van der Waals surface area contributed by atoms with Gasteiger partial charge in [0.15, 0.2) is 0 Å². The Kier molecular flexibility index (Phi) is 5.03. The Morgan fingerprint density at radius 1 is 1.11 bits per heavy atom. The Labute approximate surface area is 155 Å². The van der Waals surface area contributed by atoms with Crippen molar-refractivity contribution in [3.05, 3.63) is 76.1 Å². The van der Waals surface area contributed by atoms with Crippen molar-refractivity contribution >= 4 is 29.4 Å². The summed E-state index contributed by atoms with van der Waals surface area (Å²) in [6, 6.07) is 15.5. The molecule has 1 heterocycles. The van der Waals surface area contributed by atoms with Crippen molar-refractivity contribution in [3.8, 4) is 11.1 Å². The van der Waals surface area contributed by atoms with Crippen LogP contribution in [-0.2, 0) is 0 Å². The molecule has 3 rings (SSSR count). The number of para-hydroxylation sites is 1. The van der Waals surface area contributed by atoms with Crippen molar-refractivity contribution in [2.24, 2.45) is 0 Å². The number of nitrogen functional groups attached to an aromatic ring is 1. The number of aromatic amines is 1. The number of hydrogen-bond acceptors (Lipinski definition) is 4. The van der Waals surface area contributed by atoms with E-state index in [1.165, 1.54) is 6.07 Å². The van der Waals surface area contributed by atoms with E-state index in [1.54, 1.807) is 24.3 Å². The molecule has 0 radical (unpaired) electrons. The molecule has 0 aliphatic carbocycles. The van der Waals surface area contributed by atoms with Crippen LogP contribution in [0.3, 0.4) is 0 Å². The van der Waals surface area contributed by atoms with Gasteiger partial charge in [0.05, 0.1) is 0 Å². The lowest BCUT2D eigenvalue weighted by molar-refractivity contribution is 0.262. The first-order valence-electron chi connectivity index (χ1n) is 8.25. The summed E-state index contributed by atoms with van der Waals surface area (Å²) in [7, 11) is 0. The second-order valence-electron chi connectivity index (χ2n) is 5.99. The van der Waals surface area contributed by atoms with E-state index < -0.39 is 0 Å². The smallest absolute Gasteiger partial charge is 0.323 e. The molecule has 7 heteroatoms. The molecule has 0 saturated heterocycles. The highest BCUT2D eigenvalue weighted by Gasteiger charge is 2.10. The second kappa shape index (κ2) is 7.57. The molecule has 3 aromatic rings. The normalized spacial score (nSPS) is 10.3. The number of amides is 2. The molecular formula is C20H19N5O2. The van der Waals surface area contributed by atoms with Gasteiger partial charge < -0.3 is 26.8 Å². The largest absolute Gasteiger partial charge is 0.385 e. The van der Waals surface area contributed by atoms with Crippen LogP contribution in [-0.4, -0.2) is 17.2 Å². The third-order valence-corrected chi connectivity index (χ3v) is 4.11. The van der Waals surface area contributed by atoms with Crippen molar-refractivity contribution in [3.63, 3.8) is 0 Å². The van der Waals surface area contributed by atoms with E-state index in [2.05, 4.69) is 15.6 Å². The van der Waals surface area contributed by atoms with Crippen LogP contribution in [0.4, 0.5) is 22.0 Å². The highest BCUT2D eigenvalue weighted by Crippen LogP contribution is 2.25. The summed E-state index contributed by atoms with van der Waals surface area (Å²) in [5, 5.41) is 13.1. The predicted octanol–water partition coefficient (Wildman–Crippen LogP) is 3.57. The van der Waals surface area contributed by atoms with E-state index in [0.717, 1.165) is 23.0 Å². The van der Waals surface area contributed by atoms with Gasteiger partial charge in [-0.25, -0.2) is 4.79 Å². The maximum atomic E-state index is 12.2. The second-order valence-corrected chi connectivity index (χ2v) is 5.99. The van der Waals surface area contributed by atoms with Gasteiger partial charge in [-0.3, -0.25) is 4.79 Å². The molecule has 1 aromatic heterocycles. The minimum Gasteiger partial charge on any atom is -0.385 e. The average Bonchev–Trinajstić information content (AvgIpc) is 2.64. The molecule has 2 aromatic carbocycles. The number of carbonyl (C=O) groups excluding carboxylic acids is 1. The number of anilines is 3. The topological polar surface area (TPSA) is 124 Å². The van der Waals surface area contributed by atoms with Crippen LogP contribution < -0.4 is 21.9 Å². The Morgan fingerprint density at radius 3 is 2.48 bits per heavy atom. The van der Waals surface area contributed by atoms with Gasteiger partial charge in [0, 0.05) is 29.2 Å². The minimum absolute atomic E-state index is 0.146. The van der Waals surface area contributed by atoms with Gasteiger partial charge in [0.1, 0.15) is 5.82 Å². The highest BCUT2D eigenvalue weighted by atomic mass is 16.2. The van der Waals surface area contributed by atoms with E-state index >= 15 is 0 Å². The van der Waals surface area contributed by atoms with Gasteiger partial charge in [-0.1, -0.05) is 30.3 Å². The first-order chi connectivity index (χ1) is 13.0. The third-order valence-electron chi connectivity index (χ3n) is 4.11. The fourth-order valence-corrected chi connectivity index (χ4v) is 2.72. The molecule has 136 valence electrons. The van der Waals surface area contributed by atoms with E-state index in [9.17, 15) is 9.59 Å². The summed E-state index contributed by atoms with van der Waals surface area (Å²) in [5.41, 5.74) is 9.45. The molecule has 0 atom stereocenters. The number of benzene rings is 2. The summed E-state index contributed by atoms with van der Waals surface area (Å²) in [4.78, 5) is 26.3. The molecule has 0 bridgehead atoms. The number of rotatable bonds is 4. The summed E-state index contributed by atoms with van der Waals surface area (Å²) in [6.45, 7) is 1.92. The third kappa shape index (κ3) is 4.04. The van der Waals surface area contributed by atoms with E-state index in [-0.39, 0.29) is 17.4 Å². The molecule has 6 N–H and O–H groups in total. The lowest BCUT2D eigenvalue weighted by atomic mass is 10.0. The van der Waals surface area contributed by atoms with E-state index in [0.29, 0.717) is 16.8 Å². The summed E-state index contributed by atoms with van der Waals surface area (Å²) < 4.78 is 0. The van der Waals surface area contributed by atoms with Crippen LogP contribution in [0.15, 0.2) is 59.4 Å². The SMILES string of the molecule is Cc1ccccc1NC(=O)Nc1ccc(-c2cc(=O)[nH]c(N)c2C=N)cc1. The van der Waals surface area contributed by atoms with Gasteiger partial charge in [0.25, 0.3) is 0 Å². The first kappa shape index (κ1) is 17.9. The number of aromatic nitrogens is 1. The Morgan fingerprint density at radius 2 is 1.81 bits per heavy atom. The van der Waals surface area contributed by atoms with Gasteiger partial charge in [-0.05, 0) is 41.8 Å². The molecule has 2 amide bonds. The number of aryl methyl sites for hydroxylation is 1. The number of hydrogen-bond donors (Lipinski definition) is 5. The van der Waals surface area contributed by atoms with Crippen LogP contribution in [0.5, 0.6) is 0 Å². The molecule has 0 unspecified atom stereocenters. The maximum Gasteiger partial charge on any atom is 0.323 e. The molecule has 0 saturated carbocycles. The lowest BCUT2D eigenvalue weighted by Gasteiger charge is -2.11. The van der Waals surface area contributed by atoms with Crippen molar-refractivity contribution in [1.82, 2.24) is 4.98 Å². The predicted molar refractivity (Wildman–Crippen MR) is 109 cm³/mol. The zero-order chi connectivity index (χ0) is 19.4. The minimum atomic E-state index is -0.349. The lowest BCUT2D eigenvalue weighted by Crippen LogP contribution is -2.19. The van der Waals surface area contributed by atoms with Gasteiger partial charge in [-0.15, -0.1) is 0 Å². The number of nitrogens with two attached hydrogens (primary N) is 1. The maximum absolute atomic E-state index is 12.2. The Bertz CT molecular complexity index is 1050. The molecule has 0 aliphatic heterocycles. The average molecular weight is 361 g/mol. The molecular weight excluding hydrogens is 342 g/mol. The van der Waals surface area contributed by atoms with Gasteiger partial charge in [0.2, 0.25) is 5.56 Å². The van der Waals surface area contributed by atoms with E-state index in [4.69, 9.17) is 11.1 Å². The van der Waals surface area contributed by atoms with Crippen LogP contribution >= 0.6 is 0 Å². The number of carbonyl (C=O) groups is 1. The monoisotopic (exact) mass is 361 g/mol. The van der Waals surface area contributed by atoms with E-state index in [1.807, 2.05) is 31.2 Å². The van der Waals surface area contributed by atoms with Crippen molar-refractivity contribution in [2.75, 3.05) is 16.4 Å². The standard InChI is InChI=1S/C20H19N5O2/c1-12-4-2-3-5-17(12)24-20(27)23-14-8-6-13(7-9-14)15-10-18(26)25-19(22)16(15)11-21/h2-11,21H,1H3,(H3,22,25,26)(H2,23,24,27). The molecule has 7 nitrogen and oxygen atoms in total. The first-order valence-corrected chi connectivity index (χ1v) is 8.25. The van der Waals surface area contributed by atoms with Crippen molar-refractivity contribution in [1.29, 1.82) is 5.41 Å². The van der Waals surface area contributed by atoms with Crippen LogP contribution in [0.1, 0.15) is 11.1 Å². The Balaban J connectivity index is 1.78. The summed E-state index contributed by atoms with van der Waals surface area (Å²) >= 11 is 0. The summed E-state index contributed by atoms with van der Waals surface area (Å²) in [5.74, 6) is 0.146. The number of H-pyrrole nitrogens is 1.